The lowest BCUT2D eigenvalue weighted by Crippen LogP contribution is -2.39. The summed E-state index contributed by atoms with van der Waals surface area (Å²) in [5, 5.41) is 2.14. The molecule has 0 spiro atoms. The van der Waals surface area contributed by atoms with Crippen LogP contribution < -0.4 is 0 Å². The van der Waals surface area contributed by atoms with Gasteiger partial charge in [0.05, 0.1) is 6.67 Å². The lowest BCUT2D eigenvalue weighted by Gasteiger charge is -2.25. The number of benzene rings is 1. The summed E-state index contributed by atoms with van der Waals surface area (Å²) in [5.74, 6) is -0.0385. The SMILES string of the molecule is CCN(CC)CN(C)C(=O)c1cc2c(I)cccc2cn1. The van der Waals surface area contributed by atoms with Gasteiger partial charge in [0.2, 0.25) is 0 Å². The molecule has 0 radical (unpaired) electrons. The fourth-order valence-corrected chi connectivity index (χ4v) is 2.91. The Balaban J connectivity index is 2.25. The normalized spacial score (nSPS) is 11.1. The van der Waals surface area contributed by atoms with Crippen molar-refractivity contribution >= 4 is 39.3 Å². The lowest BCUT2D eigenvalue weighted by atomic mass is 10.1. The molecular weight excluding hydrogens is 377 g/mol. The van der Waals surface area contributed by atoms with Gasteiger partial charge in [-0.05, 0) is 53.2 Å². The molecule has 1 heterocycles. The predicted octanol–water partition coefficient (Wildman–Crippen LogP) is 3.21. The van der Waals surface area contributed by atoms with Gasteiger partial charge in [-0.1, -0.05) is 26.0 Å². The first-order valence-corrected chi connectivity index (χ1v) is 8.16. The van der Waals surface area contributed by atoms with Gasteiger partial charge in [0, 0.05) is 22.2 Å². The van der Waals surface area contributed by atoms with E-state index in [0.717, 1.165) is 27.4 Å². The third-order valence-electron chi connectivity index (χ3n) is 3.58. The number of nitrogens with zero attached hydrogens (tertiary/aromatic N) is 3. The molecule has 4 nitrogen and oxygen atoms in total. The van der Waals surface area contributed by atoms with Gasteiger partial charge >= 0.3 is 0 Å². The highest BCUT2D eigenvalue weighted by atomic mass is 127. The molecule has 0 unspecified atom stereocenters. The first-order chi connectivity index (χ1) is 10.1. The quantitative estimate of drug-likeness (QED) is 0.575. The van der Waals surface area contributed by atoms with Crippen molar-refractivity contribution in [2.75, 3.05) is 26.8 Å². The Labute approximate surface area is 139 Å². The van der Waals surface area contributed by atoms with Crippen LogP contribution in [0.2, 0.25) is 0 Å². The van der Waals surface area contributed by atoms with Gasteiger partial charge in [-0.25, -0.2) is 0 Å². The van der Waals surface area contributed by atoms with Crippen molar-refractivity contribution in [3.63, 3.8) is 0 Å². The van der Waals surface area contributed by atoms with Crippen molar-refractivity contribution in [2.24, 2.45) is 0 Å². The van der Waals surface area contributed by atoms with E-state index in [4.69, 9.17) is 0 Å². The van der Waals surface area contributed by atoms with Crippen LogP contribution in [0.15, 0.2) is 30.5 Å². The van der Waals surface area contributed by atoms with E-state index in [9.17, 15) is 4.79 Å². The summed E-state index contributed by atoms with van der Waals surface area (Å²) in [7, 11) is 1.82. The predicted molar refractivity (Wildman–Crippen MR) is 94.3 cm³/mol. The number of hydrogen-bond donors (Lipinski definition) is 0. The molecule has 1 aromatic heterocycles. The van der Waals surface area contributed by atoms with Crippen LogP contribution in [0.1, 0.15) is 24.3 Å². The molecule has 0 aliphatic rings. The highest BCUT2D eigenvalue weighted by Gasteiger charge is 2.15. The van der Waals surface area contributed by atoms with Crippen LogP contribution in [0.4, 0.5) is 0 Å². The third kappa shape index (κ3) is 3.71. The molecule has 5 heteroatoms. The van der Waals surface area contributed by atoms with Crippen molar-refractivity contribution < 1.29 is 4.79 Å². The Hall–Kier alpha value is -1.21. The van der Waals surface area contributed by atoms with E-state index in [0.29, 0.717) is 12.4 Å². The first kappa shape index (κ1) is 16.2. The van der Waals surface area contributed by atoms with Crippen LogP contribution in [-0.4, -0.2) is 47.5 Å². The second-order valence-electron chi connectivity index (χ2n) is 4.98. The first-order valence-electron chi connectivity index (χ1n) is 7.08. The fraction of sp³-hybridized carbons (Fsp3) is 0.375. The summed E-state index contributed by atoms with van der Waals surface area (Å²) in [5.41, 5.74) is 0.501. The van der Waals surface area contributed by atoms with Gasteiger partial charge < -0.3 is 4.90 Å². The van der Waals surface area contributed by atoms with Gasteiger partial charge in [-0.3, -0.25) is 14.7 Å². The number of rotatable bonds is 5. The molecule has 2 rings (SSSR count). The summed E-state index contributed by atoms with van der Waals surface area (Å²) in [6, 6.07) is 7.94. The molecule has 0 atom stereocenters. The average Bonchev–Trinajstić information content (AvgIpc) is 2.51. The molecule has 0 fully saturated rings. The summed E-state index contributed by atoms with van der Waals surface area (Å²) in [6.07, 6.45) is 1.77. The summed E-state index contributed by atoms with van der Waals surface area (Å²) < 4.78 is 1.13. The molecule has 2 aromatic rings. The molecular formula is C16H20IN3O. The molecule has 1 amide bonds. The van der Waals surface area contributed by atoms with Gasteiger partial charge in [-0.2, -0.15) is 0 Å². The van der Waals surface area contributed by atoms with Crippen LogP contribution in [0.3, 0.4) is 0 Å². The molecule has 0 saturated heterocycles. The van der Waals surface area contributed by atoms with E-state index < -0.39 is 0 Å². The number of hydrogen-bond acceptors (Lipinski definition) is 3. The topological polar surface area (TPSA) is 36.4 Å². The van der Waals surface area contributed by atoms with Gasteiger partial charge in [-0.15, -0.1) is 0 Å². The molecule has 0 bridgehead atoms. The number of pyridine rings is 1. The highest BCUT2D eigenvalue weighted by molar-refractivity contribution is 14.1. The molecule has 0 aliphatic carbocycles. The minimum absolute atomic E-state index is 0.0385. The smallest absolute Gasteiger partial charge is 0.273 e. The maximum atomic E-state index is 12.5. The zero-order valence-corrected chi connectivity index (χ0v) is 14.8. The van der Waals surface area contributed by atoms with Crippen LogP contribution in [0, 0.1) is 3.57 Å². The van der Waals surface area contributed by atoms with Crippen molar-refractivity contribution in [3.8, 4) is 0 Å². The Morgan fingerprint density at radius 2 is 2.00 bits per heavy atom. The van der Waals surface area contributed by atoms with E-state index in [-0.39, 0.29) is 5.91 Å². The Morgan fingerprint density at radius 3 is 2.67 bits per heavy atom. The summed E-state index contributed by atoms with van der Waals surface area (Å²) >= 11 is 2.29. The minimum atomic E-state index is -0.0385. The fourth-order valence-electron chi connectivity index (χ4n) is 2.23. The van der Waals surface area contributed by atoms with E-state index in [1.54, 1.807) is 11.1 Å². The molecule has 21 heavy (non-hydrogen) atoms. The Bertz CT molecular complexity index is 640. The second kappa shape index (κ2) is 7.17. The molecule has 0 aliphatic heterocycles. The number of carbonyl (C=O) groups is 1. The number of halogens is 1. The maximum absolute atomic E-state index is 12.5. The van der Waals surface area contributed by atoms with E-state index >= 15 is 0 Å². The second-order valence-corrected chi connectivity index (χ2v) is 6.14. The monoisotopic (exact) mass is 397 g/mol. The van der Waals surface area contributed by atoms with Crippen molar-refractivity contribution in [2.45, 2.75) is 13.8 Å². The van der Waals surface area contributed by atoms with Crippen LogP contribution >= 0.6 is 22.6 Å². The van der Waals surface area contributed by atoms with Crippen LogP contribution in [-0.2, 0) is 0 Å². The molecule has 1 aromatic carbocycles. The zero-order valence-electron chi connectivity index (χ0n) is 12.6. The molecule has 0 saturated carbocycles. The Morgan fingerprint density at radius 1 is 1.29 bits per heavy atom. The largest absolute Gasteiger partial charge is 0.327 e. The van der Waals surface area contributed by atoms with Crippen molar-refractivity contribution in [3.05, 3.63) is 39.7 Å². The zero-order chi connectivity index (χ0) is 15.4. The van der Waals surface area contributed by atoms with E-state index in [1.165, 1.54) is 0 Å². The van der Waals surface area contributed by atoms with Crippen molar-refractivity contribution in [1.82, 2.24) is 14.8 Å². The highest BCUT2D eigenvalue weighted by Crippen LogP contribution is 2.21. The third-order valence-corrected chi connectivity index (χ3v) is 4.52. The van der Waals surface area contributed by atoms with E-state index in [2.05, 4.69) is 46.3 Å². The van der Waals surface area contributed by atoms with Crippen LogP contribution in [0.25, 0.3) is 10.8 Å². The minimum Gasteiger partial charge on any atom is -0.327 e. The summed E-state index contributed by atoms with van der Waals surface area (Å²) in [6.45, 7) is 6.67. The number of amides is 1. The molecule has 112 valence electrons. The van der Waals surface area contributed by atoms with E-state index in [1.807, 2.05) is 31.3 Å². The maximum Gasteiger partial charge on any atom is 0.273 e. The molecule has 0 N–H and O–H groups in total. The standard InChI is InChI=1S/C16H20IN3O/c1-4-20(5-2)11-19(3)16(21)15-9-13-12(10-18-15)7-6-8-14(13)17/h6-10H,4-5,11H2,1-3H3. The number of carbonyl (C=O) groups excluding carboxylic acids is 1. The Kier molecular flexibility index (Phi) is 5.52. The van der Waals surface area contributed by atoms with Crippen LogP contribution in [0.5, 0.6) is 0 Å². The summed E-state index contributed by atoms with van der Waals surface area (Å²) in [4.78, 5) is 20.7. The number of fused-ring (bicyclic) bond motifs is 1. The average molecular weight is 397 g/mol. The van der Waals surface area contributed by atoms with Gasteiger partial charge in [0.25, 0.3) is 5.91 Å². The van der Waals surface area contributed by atoms with Crippen molar-refractivity contribution in [1.29, 1.82) is 0 Å². The van der Waals surface area contributed by atoms with Gasteiger partial charge in [0.15, 0.2) is 0 Å². The number of aromatic nitrogens is 1. The van der Waals surface area contributed by atoms with Gasteiger partial charge in [0.1, 0.15) is 5.69 Å². The lowest BCUT2D eigenvalue weighted by molar-refractivity contribution is 0.0690.